The minimum atomic E-state index is -0.0935. The highest BCUT2D eigenvalue weighted by Gasteiger charge is 2.05. The molecule has 0 radical (unpaired) electrons. The van der Waals surface area contributed by atoms with Crippen molar-refractivity contribution in [2.75, 3.05) is 0 Å². The molecule has 0 spiro atoms. The van der Waals surface area contributed by atoms with Gasteiger partial charge in [0, 0.05) is 18.4 Å². The molecule has 0 bridgehead atoms. The van der Waals surface area contributed by atoms with Gasteiger partial charge >= 0.3 is 0 Å². The van der Waals surface area contributed by atoms with Crippen molar-refractivity contribution >= 4 is 5.91 Å². The molecule has 2 aromatic rings. The Hall–Kier alpha value is -2.16. The van der Waals surface area contributed by atoms with E-state index in [0.29, 0.717) is 12.1 Å². The number of hydrogen-bond acceptors (Lipinski definition) is 2. The van der Waals surface area contributed by atoms with Crippen LogP contribution < -0.4 is 5.32 Å². The first kappa shape index (κ1) is 12.3. The average Bonchev–Trinajstić information content (AvgIpc) is 2.37. The van der Waals surface area contributed by atoms with E-state index in [2.05, 4.69) is 16.4 Å². The van der Waals surface area contributed by atoms with E-state index in [1.54, 1.807) is 12.3 Å². The molecule has 0 saturated carbocycles. The summed E-state index contributed by atoms with van der Waals surface area (Å²) in [7, 11) is 0. The topological polar surface area (TPSA) is 42.0 Å². The van der Waals surface area contributed by atoms with Gasteiger partial charge in [-0.05, 0) is 31.5 Å². The molecule has 3 nitrogen and oxygen atoms in total. The Labute approximate surface area is 107 Å². The quantitative estimate of drug-likeness (QED) is 0.896. The Kier molecular flexibility index (Phi) is 3.72. The number of rotatable bonds is 3. The summed E-state index contributed by atoms with van der Waals surface area (Å²) in [5.74, 6) is -0.0935. The van der Waals surface area contributed by atoms with E-state index in [9.17, 15) is 4.79 Å². The van der Waals surface area contributed by atoms with Crippen LogP contribution in [0.3, 0.4) is 0 Å². The minimum Gasteiger partial charge on any atom is -0.348 e. The fraction of sp³-hybridized carbons (Fsp3) is 0.200. The highest BCUT2D eigenvalue weighted by atomic mass is 16.1. The smallest absolute Gasteiger partial charge is 0.253 e. The van der Waals surface area contributed by atoms with Gasteiger partial charge in [-0.3, -0.25) is 9.78 Å². The van der Waals surface area contributed by atoms with Gasteiger partial charge in [0.1, 0.15) is 0 Å². The fourth-order valence-electron chi connectivity index (χ4n) is 1.71. The number of hydrogen-bond donors (Lipinski definition) is 1. The van der Waals surface area contributed by atoms with Gasteiger partial charge in [0.2, 0.25) is 0 Å². The van der Waals surface area contributed by atoms with E-state index in [1.807, 2.05) is 38.1 Å². The van der Waals surface area contributed by atoms with Gasteiger partial charge in [-0.15, -0.1) is 0 Å². The van der Waals surface area contributed by atoms with Crippen LogP contribution in [0.2, 0.25) is 0 Å². The monoisotopic (exact) mass is 240 g/mol. The molecule has 18 heavy (non-hydrogen) atoms. The highest BCUT2D eigenvalue weighted by Crippen LogP contribution is 2.04. The lowest BCUT2D eigenvalue weighted by Crippen LogP contribution is -2.22. The summed E-state index contributed by atoms with van der Waals surface area (Å²) in [6.45, 7) is 4.47. The molecule has 1 amide bonds. The number of nitrogens with zero attached hydrogens (tertiary/aromatic N) is 1. The summed E-state index contributed by atoms with van der Waals surface area (Å²) in [5.41, 5.74) is 3.79. The molecular weight excluding hydrogens is 224 g/mol. The standard InChI is InChI=1S/C15H16N2O/c1-11-4-3-5-13(8-11)9-17-15(18)14-7-6-12(2)16-10-14/h3-8,10H,9H2,1-2H3,(H,17,18). The van der Waals surface area contributed by atoms with Crippen molar-refractivity contribution in [2.45, 2.75) is 20.4 Å². The second kappa shape index (κ2) is 5.45. The minimum absolute atomic E-state index is 0.0935. The first-order valence-electron chi connectivity index (χ1n) is 5.91. The van der Waals surface area contributed by atoms with Crippen LogP contribution in [0.4, 0.5) is 0 Å². The predicted molar refractivity (Wildman–Crippen MR) is 71.3 cm³/mol. The van der Waals surface area contributed by atoms with Crippen LogP contribution in [-0.4, -0.2) is 10.9 Å². The molecule has 0 saturated heterocycles. The van der Waals surface area contributed by atoms with Crippen LogP contribution in [0.25, 0.3) is 0 Å². The summed E-state index contributed by atoms with van der Waals surface area (Å²) in [5, 5.41) is 2.88. The third-order valence-electron chi connectivity index (χ3n) is 2.71. The number of carbonyl (C=O) groups excluding carboxylic acids is 1. The molecule has 0 atom stereocenters. The Balaban J connectivity index is 1.98. The Morgan fingerprint density at radius 3 is 2.72 bits per heavy atom. The SMILES string of the molecule is Cc1cccc(CNC(=O)c2ccc(C)nc2)c1. The fourth-order valence-corrected chi connectivity index (χ4v) is 1.71. The molecule has 3 heteroatoms. The summed E-state index contributed by atoms with van der Waals surface area (Å²) < 4.78 is 0. The van der Waals surface area contributed by atoms with Gasteiger partial charge in [-0.1, -0.05) is 29.8 Å². The van der Waals surface area contributed by atoms with Crippen molar-refractivity contribution in [1.29, 1.82) is 0 Å². The zero-order valence-corrected chi connectivity index (χ0v) is 10.6. The number of carbonyl (C=O) groups is 1. The molecule has 0 aliphatic heterocycles. The van der Waals surface area contributed by atoms with Crippen molar-refractivity contribution in [1.82, 2.24) is 10.3 Å². The molecule has 1 N–H and O–H groups in total. The van der Waals surface area contributed by atoms with Gasteiger partial charge in [-0.2, -0.15) is 0 Å². The van der Waals surface area contributed by atoms with Gasteiger partial charge in [0.05, 0.1) is 5.56 Å². The van der Waals surface area contributed by atoms with Crippen LogP contribution in [-0.2, 0) is 6.54 Å². The number of pyridine rings is 1. The molecular formula is C15H16N2O. The summed E-state index contributed by atoms with van der Waals surface area (Å²) in [6, 6.07) is 11.7. The first-order valence-corrected chi connectivity index (χ1v) is 5.91. The largest absolute Gasteiger partial charge is 0.348 e. The van der Waals surface area contributed by atoms with Gasteiger partial charge in [-0.25, -0.2) is 0 Å². The van der Waals surface area contributed by atoms with E-state index >= 15 is 0 Å². The number of nitrogens with one attached hydrogen (secondary N) is 1. The molecule has 2 rings (SSSR count). The van der Waals surface area contributed by atoms with Gasteiger partial charge in [0.25, 0.3) is 5.91 Å². The first-order chi connectivity index (χ1) is 8.65. The van der Waals surface area contributed by atoms with E-state index < -0.39 is 0 Å². The Morgan fingerprint density at radius 1 is 1.22 bits per heavy atom. The molecule has 0 aliphatic rings. The van der Waals surface area contributed by atoms with Crippen molar-refractivity contribution in [2.24, 2.45) is 0 Å². The average molecular weight is 240 g/mol. The molecule has 1 heterocycles. The van der Waals surface area contributed by atoms with E-state index in [-0.39, 0.29) is 5.91 Å². The van der Waals surface area contributed by atoms with Gasteiger partial charge < -0.3 is 5.32 Å². The van der Waals surface area contributed by atoms with Crippen LogP contribution in [0.1, 0.15) is 27.2 Å². The van der Waals surface area contributed by atoms with Crippen LogP contribution >= 0.6 is 0 Å². The summed E-state index contributed by atoms with van der Waals surface area (Å²) in [6.07, 6.45) is 1.60. The van der Waals surface area contributed by atoms with Crippen molar-refractivity contribution in [3.63, 3.8) is 0 Å². The molecule has 1 aromatic heterocycles. The van der Waals surface area contributed by atoms with E-state index in [0.717, 1.165) is 11.3 Å². The predicted octanol–water partition coefficient (Wildman–Crippen LogP) is 2.63. The van der Waals surface area contributed by atoms with Crippen molar-refractivity contribution in [3.8, 4) is 0 Å². The molecule has 0 aliphatic carbocycles. The lowest BCUT2D eigenvalue weighted by molar-refractivity contribution is 0.0950. The number of aryl methyl sites for hydroxylation is 2. The maximum Gasteiger partial charge on any atom is 0.253 e. The molecule has 0 fully saturated rings. The second-order valence-electron chi connectivity index (χ2n) is 4.36. The summed E-state index contributed by atoms with van der Waals surface area (Å²) >= 11 is 0. The van der Waals surface area contributed by atoms with Crippen molar-refractivity contribution in [3.05, 3.63) is 65.0 Å². The molecule has 92 valence electrons. The number of aromatic nitrogens is 1. The van der Waals surface area contributed by atoms with Gasteiger partial charge in [0.15, 0.2) is 0 Å². The Morgan fingerprint density at radius 2 is 2.06 bits per heavy atom. The Bertz CT molecular complexity index is 547. The second-order valence-corrected chi connectivity index (χ2v) is 4.36. The zero-order valence-electron chi connectivity index (χ0n) is 10.6. The number of benzene rings is 1. The van der Waals surface area contributed by atoms with Crippen molar-refractivity contribution < 1.29 is 4.79 Å². The normalized spacial score (nSPS) is 10.1. The third-order valence-corrected chi connectivity index (χ3v) is 2.71. The van der Waals surface area contributed by atoms with E-state index in [4.69, 9.17) is 0 Å². The zero-order chi connectivity index (χ0) is 13.0. The lowest BCUT2D eigenvalue weighted by atomic mass is 10.1. The maximum absolute atomic E-state index is 11.9. The van der Waals surface area contributed by atoms with Crippen LogP contribution in [0, 0.1) is 13.8 Å². The number of amides is 1. The maximum atomic E-state index is 11.9. The highest BCUT2D eigenvalue weighted by molar-refractivity contribution is 5.93. The van der Waals surface area contributed by atoms with Crippen LogP contribution in [0.5, 0.6) is 0 Å². The molecule has 0 unspecified atom stereocenters. The van der Waals surface area contributed by atoms with E-state index in [1.165, 1.54) is 5.56 Å². The molecule has 1 aromatic carbocycles. The third kappa shape index (κ3) is 3.17. The summed E-state index contributed by atoms with van der Waals surface area (Å²) in [4.78, 5) is 16.0. The lowest BCUT2D eigenvalue weighted by Gasteiger charge is -2.06. The van der Waals surface area contributed by atoms with Crippen LogP contribution in [0.15, 0.2) is 42.6 Å².